The van der Waals surface area contributed by atoms with E-state index < -0.39 is 0 Å². The van der Waals surface area contributed by atoms with Gasteiger partial charge in [-0.25, -0.2) is 0 Å². The zero-order chi connectivity index (χ0) is 24.8. The van der Waals surface area contributed by atoms with Crippen LogP contribution in [0, 0.1) is 6.92 Å². The maximum Gasteiger partial charge on any atom is -0.00261 e. The van der Waals surface area contributed by atoms with Gasteiger partial charge in [0.25, 0.3) is 0 Å². The van der Waals surface area contributed by atoms with E-state index in [4.69, 9.17) is 0 Å². The molecular formula is C37H26. The lowest BCUT2D eigenvalue weighted by atomic mass is 9.85. The summed E-state index contributed by atoms with van der Waals surface area (Å²) in [6.07, 6.45) is 0. The van der Waals surface area contributed by atoms with E-state index in [1.807, 2.05) is 0 Å². The van der Waals surface area contributed by atoms with Gasteiger partial charge in [-0.3, -0.25) is 0 Å². The van der Waals surface area contributed by atoms with E-state index in [0.717, 1.165) is 0 Å². The van der Waals surface area contributed by atoms with Gasteiger partial charge in [-0.05, 0) is 78.7 Å². The summed E-state index contributed by atoms with van der Waals surface area (Å²) in [5.74, 6) is 0. The van der Waals surface area contributed by atoms with Crippen molar-refractivity contribution >= 4 is 32.3 Å². The lowest BCUT2D eigenvalue weighted by molar-refractivity contribution is 1.51. The van der Waals surface area contributed by atoms with Gasteiger partial charge in [0.2, 0.25) is 0 Å². The van der Waals surface area contributed by atoms with Crippen molar-refractivity contribution in [2.75, 3.05) is 0 Å². The Labute approximate surface area is 217 Å². The molecule has 7 aromatic rings. The molecule has 0 fully saturated rings. The van der Waals surface area contributed by atoms with Crippen LogP contribution in [0.25, 0.3) is 65.7 Å². The lowest BCUT2D eigenvalue weighted by Gasteiger charge is -2.19. The number of rotatable bonds is 3. The Bertz CT molecular complexity index is 1910. The molecule has 0 N–H and O–H groups in total. The van der Waals surface area contributed by atoms with Crippen molar-refractivity contribution in [1.29, 1.82) is 0 Å². The van der Waals surface area contributed by atoms with Gasteiger partial charge in [-0.15, -0.1) is 0 Å². The van der Waals surface area contributed by atoms with Gasteiger partial charge in [-0.2, -0.15) is 0 Å². The normalized spacial score (nSPS) is 11.4. The summed E-state index contributed by atoms with van der Waals surface area (Å²) >= 11 is 0. The predicted molar refractivity (Wildman–Crippen MR) is 160 cm³/mol. The molecule has 0 spiro atoms. The van der Waals surface area contributed by atoms with E-state index in [1.165, 1.54) is 71.3 Å². The largest absolute Gasteiger partial charge is 0.0622 e. The summed E-state index contributed by atoms with van der Waals surface area (Å²) in [5.41, 5.74) is 8.87. The van der Waals surface area contributed by atoms with Crippen LogP contribution in [0.3, 0.4) is 0 Å². The average molecular weight is 471 g/mol. The minimum Gasteiger partial charge on any atom is -0.0622 e. The summed E-state index contributed by atoms with van der Waals surface area (Å²) in [5, 5.41) is 7.71. The molecule has 0 aliphatic heterocycles. The highest BCUT2D eigenvalue weighted by molar-refractivity contribution is 6.21. The molecule has 0 heteroatoms. The zero-order valence-electron chi connectivity index (χ0n) is 20.8. The molecule has 0 heterocycles. The maximum atomic E-state index is 2.35. The minimum atomic E-state index is 1.24. The van der Waals surface area contributed by atoms with Gasteiger partial charge >= 0.3 is 0 Å². The first-order chi connectivity index (χ1) is 18.3. The fourth-order valence-corrected chi connectivity index (χ4v) is 5.72. The van der Waals surface area contributed by atoms with E-state index in [9.17, 15) is 0 Å². The van der Waals surface area contributed by atoms with Crippen LogP contribution < -0.4 is 0 Å². The molecule has 0 nitrogen and oxygen atoms in total. The van der Waals surface area contributed by atoms with Crippen LogP contribution in [0.1, 0.15) is 5.56 Å². The van der Waals surface area contributed by atoms with Crippen molar-refractivity contribution in [3.8, 4) is 33.4 Å². The van der Waals surface area contributed by atoms with Gasteiger partial charge in [0.1, 0.15) is 0 Å². The summed E-state index contributed by atoms with van der Waals surface area (Å²) < 4.78 is 0. The average Bonchev–Trinajstić information content (AvgIpc) is 2.96. The van der Waals surface area contributed by atoms with Crippen LogP contribution in [0.5, 0.6) is 0 Å². The molecule has 0 aromatic heterocycles. The van der Waals surface area contributed by atoms with Crippen LogP contribution >= 0.6 is 0 Å². The Balaban J connectivity index is 1.52. The number of hydrogen-bond donors (Lipinski definition) is 0. The first-order valence-electron chi connectivity index (χ1n) is 12.9. The second-order valence-electron chi connectivity index (χ2n) is 9.85. The monoisotopic (exact) mass is 470 g/mol. The summed E-state index contributed by atoms with van der Waals surface area (Å²) in [4.78, 5) is 0. The van der Waals surface area contributed by atoms with Gasteiger partial charge < -0.3 is 0 Å². The van der Waals surface area contributed by atoms with E-state index in [0.29, 0.717) is 0 Å². The Hall–Kier alpha value is -4.68. The molecule has 7 aromatic carbocycles. The second-order valence-corrected chi connectivity index (χ2v) is 9.85. The SMILES string of the molecule is Cc1ccc2c(-c3ccc4ccccc4c3)c3ccccc3c(-c3ccc(-c4ccccc4)cc3)c2c1. The molecular weight excluding hydrogens is 444 g/mol. The van der Waals surface area contributed by atoms with Crippen LogP contribution in [-0.2, 0) is 0 Å². The van der Waals surface area contributed by atoms with Crippen LogP contribution in [0.4, 0.5) is 0 Å². The van der Waals surface area contributed by atoms with Crippen molar-refractivity contribution in [2.24, 2.45) is 0 Å². The highest BCUT2D eigenvalue weighted by atomic mass is 14.2. The molecule has 0 bridgehead atoms. The summed E-state index contributed by atoms with van der Waals surface area (Å²) in [7, 11) is 0. The number of benzene rings is 7. The Morgan fingerprint density at radius 2 is 0.865 bits per heavy atom. The van der Waals surface area contributed by atoms with Crippen LogP contribution in [0.15, 0.2) is 140 Å². The smallest absolute Gasteiger partial charge is 0.00261 e. The van der Waals surface area contributed by atoms with Gasteiger partial charge in [0, 0.05) is 0 Å². The highest BCUT2D eigenvalue weighted by Gasteiger charge is 2.17. The number of hydrogen-bond acceptors (Lipinski definition) is 0. The first-order valence-corrected chi connectivity index (χ1v) is 12.9. The molecule has 0 saturated carbocycles. The van der Waals surface area contributed by atoms with E-state index in [-0.39, 0.29) is 0 Å². The standard InChI is InChI=1S/C37H26/c1-25-15-22-34-35(23-25)36(29-19-16-28(17-20-29)26-9-3-2-4-10-26)32-13-7-8-14-33(32)37(34)31-21-18-27-11-5-6-12-30(27)24-31/h2-24H,1H3. The first kappa shape index (κ1) is 21.6. The molecule has 0 saturated heterocycles. The maximum absolute atomic E-state index is 2.35. The molecule has 0 unspecified atom stereocenters. The zero-order valence-corrected chi connectivity index (χ0v) is 20.8. The third-order valence-electron chi connectivity index (χ3n) is 7.50. The van der Waals surface area contributed by atoms with Crippen molar-refractivity contribution in [3.05, 3.63) is 145 Å². The summed E-state index contributed by atoms with van der Waals surface area (Å²) in [6.45, 7) is 2.19. The van der Waals surface area contributed by atoms with E-state index in [1.54, 1.807) is 0 Å². The number of aryl methyl sites for hydroxylation is 1. The Kier molecular flexibility index (Phi) is 5.11. The molecule has 0 amide bonds. The van der Waals surface area contributed by atoms with Crippen molar-refractivity contribution in [3.63, 3.8) is 0 Å². The predicted octanol–water partition coefficient (Wildman–Crippen LogP) is 10.5. The lowest BCUT2D eigenvalue weighted by Crippen LogP contribution is -1.92. The molecule has 0 aliphatic carbocycles. The van der Waals surface area contributed by atoms with E-state index in [2.05, 4.69) is 146 Å². The van der Waals surface area contributed by atoms with E-state index >= 15 is 0 Å². The molecule has 0 atom stereocenters. The number of fused-ring (bicyclic) bond motifs is 3. The second kappa shape index (κ2) is 8.76. The Morgan fingerprint density at radius 3 is 1.62 bits per heavy atom. The van der Waals surface area contributed by atoms with Gasteiger partial charge in [0.15, 0.2) is 0 Å². The van der Waals surface area contributed by atoms with Crippen molar-refractivity contribution in [2.45, 2.75) is 6.92 Å². The molecule has 7 rings (SSSR count). The van der Waals surface area contributed by atoms with Crippen molar-refractivity contribution < 1.29 is 0 Å². The fourth-order valence-electron chi connectivity index (χ4n) is 5.72. The quantitative estimate of drug-likeness (QED) is 0.225. The molecule has 0 radical (unpaired) electrons. The molecule has 0 aliphatic rings. The van der Waals surface area contributed by atoms with Crippen molar-refractivity contribution in [1.82, 2.24) is 0 Å². The third-order valence-corrected chi connectivity index (χ3v) is 7.50. The molecule has 174 valence electrons. The Morgan fingerprint density at radius 1 is 0.324 bits per heavy atom. The highest BCUT2D eigenvalue weighted by Crippen LogP contribution is 2.44. The third kappa shape index (κ3) is 3.70. The topological polar surface area (TPSA) is 0 Å². The van der Waals surface area contributed by atoms with Gasteiger partial charge in [0.05, 0.1) is 0 Å². The van der Waals surface area contributed by atoms with Crippen LogP contribution in [0.2, 0.25) is 0 Å². The molecule has 37 heavy (non-hydrogen) atoms. The minimum absolute atomic E-state index is 1.24. The van der Waals surface area contributed by atoms with Gasteiger partial charge in [-0.1, -0.05) is 139 Å². The summed E-state index contributed by atoms with van der Waals surface area (Å²) in [6, 6.07) is 50.9. The fraction of sp³-hybridized carbons (Fsp3) is 0.0270. The van der Waals surface area contributed by atoms with Crippen LogP contribution in [-0.4, -0.2) is 0 Å².